The maximum atomic E-state index is 12.4. The summed E-state index contributed by atoms with van der Waals surface area (Å²) < 4.78 is 0. The number of aromatic nitrogens is 2. The number of carbonyl (C=O) groups excluding carboxylic acids is 1. The van der Waals surface area contributed by atoms with Crippen LogP contribution in [0.15, 0.2) is 60.9 Å². The van der Waals surface area contributed by atoms with Crippen molar-refractivity contribution in [1.82, 2.24) is 9.97 Å². The number of hydrogen-bond acceptors (Lipinski definition) is 4. The second-order valence-electron chi connectivity index (χ2n) is 5.53. The van der Waals surface area contributed by atoms with E-state index >= 15 is 0 Å². The van der Waals surface area contributed by atoms with Gasteiger partial charge in [0, 0.05) is 17.6 Å². The molecule has 1 aromatic heterocycles. The molecular weight excluding hydrogens is 371 g/mol. The molecule has 0 aliphatic carbocycles. The van der Waals surface area contributed by atoms with Crippen LogP contribution in [-0.4, -0.2) is 22.4 Å². The summed E-state index contributed by atoms with van der Waals surface area (Å²) in [4.78, 5) is 20.6. The topological polar surface area (TPSA) is 66.9 Å². The highest BCUT2D eigenvalue weighted by molar-refractivity contribution is 6.35. The van der Waals surface area contributed by atoms with Crippen LogP contribution < -0.4 is 10.6 Å². The first-order chi connectivity index (χ1) is 12.6. The van der Waals surface area contributed by atoms with Gasteiger partial charge in [0.2, 0.25) is 0 Å². The molecular formula is C19H16Cl2N4O. The average Bonchev–Trinajstić information content (AvgIpc) is 2.66. The van der Waals surface area contributed by atoms with Crippen molar-refractivity contribution in [2.75, 3.05) is 17.2 Å². The van der Waals surface area contributed by atoms with E-state index in [0.717, 1.165) is 6.42 Å². The maximum absolute atomic E-state index is 12.4. The normalized spacial score (nSPS) is 10.4. The summed E-state index contributed by atoms with van der Waals surface area (Å²) in [5, 5.41) is 6.78. The quantitative estimate of drug-likeness (QED) is 0.644. The predicted molar refractivity (Wildman–Crippen MR) is 105 cm³/mol. The number of benzene rings is 2. The van der Waals surface area contributed by atoms with E-state index in [1.165, 1.54) is 11.9 Å². The van der Waals surface area contributed by atoms with E-state index in [0.29, 0.717) is 28.1 Å². The number of rotatable bonds is 6. The third-order valence-corrected chi connectivity index (χ3v) is 4.20. The highest BCUT2D eigenvalue weighted by Gasteiger charge is 2.11. The molecule has 3 aromatic rings. The lowest BCUT2D eigenvalue weighted by Crippen LogP contribution is -2.15. The van der Waals surface area contributed by atoms with Crippen LogP contribution in [0.3, 0.4) is 0 Å². The minimum Gasteiger partial charge on any atom is -0.370 e. The highest BCUT2D eigenvalue weighted by atomic mass is 35.5. The van der Waals surface area contributed by atoms with Gasteiger partial charge in [0.15, 0.2) is 0 Å². The van der Waals surface area contributed by atoms with Gasteiger partial charge < -0.3 is 10.6 Å². The van der Waals surface area contributed by atoms with Crippen molar-refractivity contribution in [2.24, 2.45) is 0 Å². The zero-order chi connectivity index (χ0) is 18.4. The van der Waals surface area contributed by atoms with Crippen LogP contribution in [0.5, 0.6) is 0 Å². The number of nitrogens with one attached hydrogen (secondary N) is 2. The van der Waals surface area contributed by atoms with Crippen molar-refractivity contribution in [3.05, 3.63) is 82.2 Å². The molecule has 0 fully saturated rings. The third-order valence-electron chi connectivity index (χ3n) is 3.64. The van der Waals surface area contributed by atoms with E-state index in [-0.39, 0.29) is 11.6 Å². The molecule has 2 N–H and O–H groups in total. The lowest BCUT2D eigenvalue weighted by Gasteiger charge is -2.09. The Morgan fingerprint density at radius 1 is 1.00 bits per heavy atom. The van der Waals surface area contributed by atoms with Gasteiger partial charge in [-0.25, -0.2) is 9.97 Å². The molecule has 0 atom stereocenters. The van der Waals surface area contributed by atoms with Crippen molar-refractivity contribution in [1.29, 1.82) is 0 Å². The molecule has 0 bridgehead atoms. The Hall–Kier alpha value is -2.63. The van der Waals surface area contributed by atoms with E-state index < -0.39 is 0 Å². The highest BCUT2D eigenvalue weighted by Crippen LogP contribution is 2.25. The van der Waals surface area contributed by atoms with Crippen LogP contribution in [0.2, 0.25) is 10.0 Å². The third kappa shape index (κ3) is 4.94. The molecule has 0 aliphatic heterocycles. The molecule has 132 valence electrons. The Bertz CT molecular complexity index is 903. The number of anilines is 2. The summed E-state index contributed by atoms with van der Waals surface area (Å²) in [6.07, 6.45) is 2.20. The molecule has 1 heterocycles. The zero-order valence-corrected chi connectivity index (χ0v) is 15.3. The van der Waals surface area contributed by atoms with Crippen LogP contribution in [-0.2, 0) is 6.42 Å². The summed E-state index contributed by atoms with van der Waals surface area (Å²) >= 11 is 12.0. The fourth-order valence-electron chi connectivity index (χ4n) is 2.34. The van der Waals surface area contributed by atoms with Gasteiger partial charge in [0.05, 0.1) is 10.7 Å². The number of nitrogens with zero attached hydrogens (tertiary/aromatic N) is 2. The van der Waals surface area contributed by atoms with Gasteiger partial charge in [0.1, 0.15) is 17.8 Å². The van der Waals surface area contributed by atoms with Crippen molar-refractivity contribution < 1.29 is 4.79 Å². The Kier molecular flexibility index (Phi) is 6.04. The lowest BCUT2D eigenvalue weighted by atomic mass is 10.1. The fraction of sp³-hybridized carbons (Fsp3) is 0.105. The van der Waals surface area contributed by atoms with Crippen LogP contribution in [0.25, 0.3) is 0 Å². The predicted octanol–water partition coefficient (Wildman–Crippen LogP) is 4.69. The van der Waals surface area contributed by atoms with Gasteiger partial charge in [0.25, 0.3) is 5.91 Å². The molecule has 3 rings (SSSR count). The first-order valence-electron chi connectivity index (χ1n) is 7.98. The second-order valence-corrected chi connectivity index (χ2v) is 6.37. The number of halogens is 2. The minimum absolute atomic E-state index is 0.234. The molecule has 2 aromatic carbocycles. The van der Waals surface area contributed by atoms with Crippen molar-refractivity contribution in [3.63, 3.8) is 0 Å². The van der Waals surface area contributed by atoms with Crippen molar-refractivity contribution in [2.45, 2.75) is 6.42 Å². The van der Waals surface area contributed by atoms with Gasteiger partial charge in [-0.1, -0.05) is 53.5 Å². The monoisotopic (exact) mass is 386 g/mol. The number of hydrogen-bond donors (Lipinski definition) is 2. The summed E-state index contributed by atoms with van der Waals surface area (Å²) in [5.41, 5.74) is 1.89. The average molecular weight is 387 g/mol. The fourth-order valence-corrected chi connectivity index (χ4v) is 2.67. The van der Waals surface area contributed by atoms with Crippen LogP contribution in [0.1, 0.15) is 16.1 Å². The smallest absolute Gasteiger partial charge is 0.274 e. The Morgan fingerprint density at radius 2 is 1.81 bits per heavy atom. The molecule has 0 radical (unpaired) electrons. The van der Waals surface area contributed by atoms with E-state index in [2.05, 4.69) is 32.7 Å². The summed E-state index contributed by atoms with van der Waals surface area (Å²) in [7, 11) is 0. The standard InChI is InChI=1S/C19H16Cl2N4O/c20-14-6-7-15(21)16(10-14)25-19(26)17-11-18(24-12-23-17)22-9-8-13-4-2-1-3-5-13/h1-7,10-12H,8-9H2,(H,25,26)(H,22,23,24). The number of carbonyl (C=O) groups is 1. The zero-order valence-electron chi connectivity index (χ0n) is 13.7. The Balaban J connectivity index is 1.62. The van der Waals surface area contributed by atoms with Crippen molar-refractivity contribution >= 4 is 40.6 Å². The van der Waals surface area contributed by atoms with E-state index in [1.54, 1.807) is 24.3 Å². The largest absolute Gasteiger partial charge is 0.370 e. The summed E-state index contributed by atoms with van der Waals surface area (Å²) in [6.45, 7) is 0.697. The Morgan fingerprint density at radius 3 is 2.62 bits per heavy atom. The van der Waals surface area contributed by atoms with E-state index in [1.807, 2.05) is 18.2 Å². The van der Waals surface area contributed by atoms with Gasteiger partial charge in [-0.15, -0.1) is 0 Å². The molecule has 1 amide bonds. The van der Waals surface area contributed by atoms with E-state index in [4.69, 9.17) is 23.2 Å². The molecule has 0 aliphatic rings. The van der Waals surface area contributed by atoms with Gasteiger partial charge in [-0.05, 0) is 30.2 Å². The SMILES string of the molecule is O=C(Nc1cc(Cl)ccc1Cl)c1cc(NCCc2ccccc2)ncn1. The van der Waals surface area contributed by atoms with Crippen LogP contribution in [0, 0.1) is 0 Å². The minimum atomic E-state index is -0.386. The van der Waals surface area contributed by atoms with Crippen molar-refractivity contribution in [3.8, 4) is 0 Å². The molecule has 0 saturated heterocycles. The molecule has 7 heteroatoms. The molecule has 0 saturated carbocycles. The maximum Gasteiger partial charge on any atom is 0.274 e. The first-order valence-corrected chi connectivity index (χ1v) is 8.73. The van der Waals surface area contributed by atoms with Gasteiger partial charge in [-0.2, -0.15) is 0 Å². The molecule has 0 spiro atoms. The van der Waals surface area contributed by atoms with Gasteiger partial charge >= 0.3 is 0 Å². The Labute approximate surface area is 161 Å². The molecule has 26 heavy (non-hydrogen) atoms. The summed E-state index contributed by atoms with van der Waals surface area (Å²) in [5.74, 6) is 0.195. The summed E-state index contributed by atoms with van der Waals surface area (Å²) in [6, 6.07) is 16.6. The van der Waals surface area contributed by atoms with E-state index in [9.17, 15) is 4.79 Å². The molecule has 0 unspecified atom stereocenters. The van der Waals surface area contributed by atoms with Gasteiger partial charge in [-0.3, -0.25) is 4.79 Å². The second kappa shape index (κ2) is 8.65. The van der Waals surface area contributed by atoms with Crippen LogP contribution >= 0.6 is 23.2 Å². The number of amides is 1. The first kappa shape index (κ1) is 18.2. The lowest BCUT2D eigenvalue weighted by molar-refractivity contribution is 0.102. The van der Waals surface area contributed by atoms with Crippen LogP contribution in [0.4, 0.5) is 11.5 Å². The molecule has 5 nitrogen and oxygen atoms in total.